The van der Waals surface area contributed by atoms with Crippen LogP contribution in [0, 0.1) is 0 Å². The zero-order valence-corrected chi connectivity index (χ0v) is 17.9. The molecule has 0 atom stereocenters. The quantitative estimate of drug-likeness (QED) is 0.727. The SMILES string of the molecule is O=C(CN1CCN(S(=O)(=O)c2ccc(Cl)s2)CC1)Nc1c(Cl)cccc1Cl. The minimum atomic E-state index is -3.55. The van der Waals surface area contributed by atoms with Crippen LogP contribution in [-0.2, 0) is 14.8 Å². The average molecular weight is 469 g/mol. The second-order valence-electron chi connectivity index (χ2n) is 5.88. The molecule has 11 heteroatoms. The topological polar surface area (TPSA) is 69.7 Å². The van der Waals surface area contributed by atoms with Crippen molar-refractivity contribution < 1.29 is 13.2 Å². The summed E-state index contributed by atoms with van der Waals surface area (Å²) < 4.78 is 27.3. The van der Waals surface area contributed by atoms with Gasteiger partial charge in [0, 0.05) is 26.2 Å². The van der Waals surface area contributed by atoms with Crippen molar-refractivity contribution in [2.75, 3.05) is 38.0 Å². The summed E-state index contributed by atoms with van der Waals surface area (Å²) in [5, 5.41) is 3.43. The average Bonchev–Trinajstić information content (AvgIpc) is 3.06. The molecule has 3 rings (SSSR count). The third-order valence-corrected chi connectivity index (χ3v) is 8.30. The van der Waals surface area contributed by atoms with Gasteiger partial charge in [-0.1, -0.05) is 40.9 Å². The van der Waals surface area contributed by atoms with E-state index < -0.39 is 10.0 Å². The minimum Gasteiger partial charge on any atom is -0.322 e. The first-order valence-corrected chi connectivity index (χ1v) is 11.4. The Morgan fingerprint density at radius 1 is 1.04 bits per heavy atom. The van der Waals surface area contributed by atoms with Gasteiger partial charge < -0.3 is 5.32 Å². The summed E-state index contributed by atoms with van der Waals surface area (Å²) in [6, 6.07) is 8.06. The van der Waals surface area contributed by atoms with Crippen molar-refractivity contribution in [3.8, 4) is 0 Å². The first-order chi connectivity index (χ1) is 12.8. The van der Waals surface area contributed by atoms with Crippen LogP contribution < -0.4 is 5.32 Å². The van der Waals surface area contributed by atoms with Crippen molar-refractivity contribution in [1.82, 2.24) is 9.21 Å². The molecule has 0 radical (unpaired) electrons. The fourth-order valence-corrected chi connectivity index (χ4v) is 6.24. The number of amides is 1. The Morgan fingerprint density at radius 2 is 1.67 bits per heavy atom. The molecule has 146 valence electrons. The zero-order valence-electron chi connectivity index (χ0n) is 14.0. The van der Waals surface area contributed by atoms with Gasteiger partial charge in [0.25, 0.3) is 10.0 Å². The highest BCUT2D eigenvalue weighted by Gasteiger charge is 2.30. The maximum Gasteiger partial charge on any atom is 0.252 e. The number of rotatable bonds is 5. The van der Waals surface area contributed by atoms with Gasteiger partial charge in [-0.3, -0.25) is 9.69 Å². The van der Waals surface area contributed by atoms with Crippen LogP contribution in [-0.4, -0.2) is 56.3 Å². The number of carbonyl (C=O) groups excluding carboxylic acids is 1. The van der Waals surface area contributed by atoms with E-state index in [2.05, 4.69) is 5.32 Å². The highest BCUT2D eigenvalue weighted by Crippen LogP contribution is 2.30. The molecule has 0 bridgehead atoms. The van der Waals surface area contributed by atoms with Crippen LogP contribution in [0.3, 0.4) is 0 Å². The molecule has 2 heterocycles. The van der Waals surface area contributed by atoms with Crippen molar-refractivity contribution in [2.45, 2.75) is 4.21 Å². The summed E-state index contributed by atoms with van der Waals surface area (Å²) in [5.41, 5.74) is 0.377. The minimum absolute atomic E-state index is 0.125. The summed E-state index contributed by atoms with van der Waals surface area (Å²) in [5.74, 6) is -0.258. The number of nitrogens with one attached hydrogen (secondary N) is 1. The molecule has 0 spiro atoms. The van der Waals surface area contributed by atoms with Gasteiger partial charge in [-0.25, -0.2) is 8.42 Å². The molecule has 1 fully saturated rings. The Hall–Kier alpha value is -0.870. The number of carbonyl (C=O) groups is 1. The lowest BCUT2D eigenvalue weighted by Gasteiger charge is -2.33. The molecule has 1 aliphatic heterocycles. The normalized spacial score (nSPS) is 16.4. The van der Waals surface area contributed by atoms with E-state index in [-0.39, 0.29) is 16.7 Å². The lowest BCUT2D eigenvalue weighted by atomic mass is 10.3. The number of para-hydroxylation sites is 1. The highest BCUT2D eigenvalue weighted by molar-refractivity contribution is 7.91. The van der Waals surface area contributed by atoms with E-state index in [4.69, 9.17) is 34.8 Å². The number of nitrogens with zero attached hydrogens (tertiary/aromatic N) is 2. The maximum absolute atomic E-state index is 12.6. The standard InChI is InChI=1S/C16H16Cl3N3O3S2/c17-11-2-1-3-12(18)16(11)20-14(23)10-21-6-8-22(9-7-21)27(24,25)15-5-4-13(19)26-15/h1-5H,6-10H2,(H,20,23). The Bertz CT molecular complexity index is 921. The molecule has 1 N–H and O–H groups in total. The smallest absolute Gasteiger partial charge is 0.252 e. The molecule has 0 aliphatic carbocycles. The molecule has 1 aromatic carbocycles. The van der Waals surface area contributed by atoms with Crippen molar-refractivity contribution in [2.24, 2.45) is 0 Å². The number of piperazine rings is 1. The molecular formula is C16H16Cl3N3O3S2. The predicted octanol–water partition coefficient (Wildman–Crippen LogP) is 3.65. The fraction of sp³-hybridized carbons (Fsp3) is 0.312. The van der Waals surface area contributed by atoms with E-state index in [0.717, 1.165) is 11.3 Å². The lowest BCUT2D eigenvalue weighted by Crippen LogP contribution is -2.50. The number of thiophene rings is 1. The number of benzene rings is 1. The summed E-state index contributed by atoms with van der Waals surface area (Å²) >= 11 is 19.0. The van der Waals surface area contributed by atoms with Crippen LogP contribution >= 0.6 is 46.1 Å². The monoisotopic (exact) mass is 467 g/mol. The first kappa shape index (κ1) is 20.9. The molecule has 0 saturated carbocycles. The van der Waals surface area contributed by atoms with Gasteiger partial charge in [0.15, 0.2) is 0 Å². The molecule has 1 amide bonds. The number of anilines is 1. The Labute approximate surface area is 176 Å². The number of hydrogen-bond donors (Lipinski definition) is 1. The number of halogens is 3. The van der Waals surface area contributed by atoms with Crippen LogP contribution in [0.4, 0.5) is 5.69 Å². The summed E-state index contributed by atoms with van der Waals surface area (Å²) in [7, 11) is -3.55. The third kappa shape index (κ3) is 4.95. The molecule has 1 aromatic heterocycles. The van der Waals surface area contributed by atoms with Gasteiger partial charge in [0.05, 0.1) is 26.6 Å². The largest absolute Gasteiger partial charge is 0.322 e. The molecule has 27 heavy (non-hydrogen) atoms. The van der Waals surface area contributed by atoms with E-state index >= 15 is 0 Å². The predicted molar refractivity (Wildman–Crippen MR) is 110 cm³/mol. The van der Waals surface area contributed by atoms with Gasteiger partial charge in [-0.05, 0) is 24.3 Å². The van der Waals surface area contributed by atoms with Crippen molar-refractivity contribution in [3.05, 3.63) is 44.7 Å². The van der Waals surface area contributed by atoms with E-state index in [1.807, 2.05) is 4.90 Å². The van der Waals surface area contributed by atoms with E-state index in [1.165, 1.54) is 10.4 Å². The Morgan fingerprint density at radius 3 is 2.22 bits per heavy atom. The Kier molecular flexibility index (Phi) is 6.68. The van der Waals surface area contributed by atoms with Gasteiger partial charge in [0.2, 0.25) is 5.91 Å². The van der Waals surface area contributed by atoms with E-state index in [1.54, 1.807) is 24.3 Å². The molecule has 1 saturated heterocycles. The molecule has 1 aliphatic rings. The van der Waals surface area contributed by atoms with E-state index in [9.17, 15) is 13.2 Å². The zero-order chi connectivity index (χ0) is 19.6. The molecule has 6 nitrogen and oxygen atoms in total. The van der Waals surface area contributed by atoms with Crippen LogP contribution in [0.5, 0.6) is 0 Å². The number of sulfonamides is 1. The third-order valence-electron chi connectivity index (χ3n) is 4.07. The molecule has 0 unspecified atom stereocenters. The van der Waals surface area contributed by atoms with Crippen molar-refractivity contribution >= 4 is 67.8 Å². The van der Waals surface area contributed by atoms with Gasteiger partial charge in [-0.15, -0.1) is 11.3 Å². The van der Waals surface area contributed by atoms with Crippen LogP contribution in [0.25, 0.3) is 0 Å². The Balaban J connectivity index is 1.56. The highest BCUT2D eigenvalue weighted by atomic mass is 35.5. The lowest BCUT2D eigenvalue weighted by molar-refractivity contribution is -0.117. The number of hydrogen-bond acceptors (Lipinski definition) is 5. The molecule has 2 aromatic rings. The fourth-order valence-electron chi connectivity index (χ4n) is 2.69. The summed E-state index contributed by atoms with van der Waals surface area (Å²) in [6.45, 7) is 1.63. The first-order valence-electron chi connectivity index (χ1n) is 7.99. The van der Waals surface area contributed by atoms with Crippen LogP contribution in [0.15, 0.2) is 34.5 Å². The van der Waals surface area contributed by atoms with Gasteiger partial charge in [0.1, 0.15) is 4.21 Å². The summed E-state index contributed by atoms with van der Waals surface area (Å²) in [6.07, 6.45) is 0. The van der Waals surface area contributed by atoms with Gasteiger partial charge in [-0.2, -0.15) is 4.31 Å². The molecular weight excluding hydrogens is 453 g/mol. The van der Waals surface area contributed by atoms with E-state index in [0.29, 0.717) is 46.2 Å². The van der Waals surface area contributed by atoms with Crippen LogP contribution in [0.1, 0.15) is 0 Å². The summed E-state index contributed by atoms with van der Waals surface area (Å²) in [4.78, 5) is 14.2. The van der Waals surface area contributed by atoms with Crippen molar-refractivity contribution in [1.29, 1.82) is 0 Å². The second kappa shape index (κ2) is 8.65. The maximum atomic E-state index is 12.6. The second-order valence-corrected chi connectivity index (χ2v) is 10.6. The van der Waals surface area contributed by atoms with Crippen LogP contribution in [0.2, 0.25) is 14.4 Å². The van der Waals surface area contributed by atoms with Crippen molar-refractivity contribution in [3.63, 3.8) is 0 Å². The van der Waals surface area contributed by atoms with Gasteiger partial charge >= 0.3 is 0 Å².